The maximum absolute atomic E-state index is 13.7. The van der Waals surface area contributed by atoms with Gasteiger partial charge in [-0.15, -0.1) is 0 Å². The Kier molecular flexibility index (Phi) is 9.40. The van der Waals surface area contributed by atoms with Crippen molar-refractivity contribution in [2.45, 2.75) is 43.6 Å². The molecule has 2 atom stereocenters. The summed E-state index contributed by atoms with van der Waals surface area (Å²) in [6.07, 6.45) is 1.60. The van der Waals surface area contributed by atoms with Gasteiger partial charge < -0.3 is 15.2 Å². The van der Waals surface area contributed by atoms with Crippen molar-refractivity contribution < 1.29 is 27.0 Å². The van der Waals surface area contributed by atoms with Crippen molar-refractivity contribution in [1.82, 2.24) is 15.0 Å². The molecule has 0 aliphatic rings. The molecule has 1 unspecified atom stereocenters. The number of thioether (sulfide) groups is 1. The number of halogens is 2. The van der Waals surface area contributed by atoms with Crippen LogP contribution in [0.1, 0.15) is 27.2 Å². The third-order valence-electron chi connectivity index (χ3n) is 3.89. The van der Waals surface area contributed by atoms with Crippen molar-refractivity contribution in [2.75, 3.05) is 29.5 Å². The molecular weight excluding hydrogens is 464 g/mol. The largest absolute Gasteiger partial charge is 0.486 e. The Morgan fingerprint density at radius 2 is 1.75 bits per heavy atom. The first-order valence-electron chi connectivity index (χ1n) is 9.81. The van der Waals surface area contributed by atoms with Gasteiger partial charge in [0.2, 0.25) is 21.9 Å². The number of aliphatic hydroxyl groups is 1. The van der Waals surface area contributed by atoms with Crippen molar-refractivity contribution >= 4 is 33.7 Å². The summed E-state index contributed by atoms with van der Waals surface area (Å²) < 4.78 is 58.2. The molecule has 9 nitrogen and oxygen atoms in total. The highest BCUT2D eigenvalue weighted by molar-refractivity contribution is 7.99. The van der Waals surface area contributed by atoms with E-state index in [1.54, 1.807) is 6.92 Å². The molecule has 0 bridgehead atoms. The Balaban J connectivity index is 2.18. The van der Waals surface area contributed by atoms with E-state index >= 15 is 0 Å². The van der Waals surface area contributed by atoms with Crippen LogP contribution in [0.25, 0.3) is 0 Å². The molecule has 2 rings (SSSR count). The van der Waals surface area contributed by atoms with Gasteiger partial charge in [0, 0.05) is 5.25 Å². The van der Waals surface area contributed by atoms with E-state index in [2.05, 4.69) is 25.0 Å². The maximum Gasteiger partial charge on any atom is 0.242 e. The molecule has 32 heavy (non-hydrogen) atoms. The Morgan fingerprint density at radius 3 is 2.31 bits per heavy atom. The molecule has 1 aromatic carbocycles. The summed E-state index contributed by atoms with van der Waals surface area (Å²) in [6.45, 7) is 5.50. The van der Waals surface area contributed by atoms with Crippen LogP contribution in [-0.2, 0) is 10.0 Å². The third kappa shape index (κ3) is 8.71. The summed E-state index contributed by atoms with van der Waals surface area (Å²) in [5.41, 5.74) is 0. The van der Waals surface area contributed by atoms with E-state index < -0.39 is 27.4 Å². The van der Waals surface area contributed by atoms with Crippen LogP contribution in [0.3, 0.4) is 0 Å². The summed E-state index contributed by atoms with van der Waals surface area (Å²) in [7, 11) is -3.65. The molecule has 0 saturated carbocycles. The van der Waals surface area contributed by atoms with Gasteiger partial charge in [-0.05, 0) is 31.4 Å². The summed E-state index contributed by atoms with van der Waals surface area (Å²) >= 11 is 1.11. The lowest BCUT2D eigenvalue weighted by atomic mass is 10.0. The minimum atomic E-state index is -3.65. The summed E-state index contributed by atoms with van der Waals surface area (Å²) in [5.74, 6) is -1.91. The number of hydrogen-bond acceptors (Lipinski definition) is 9. The average molecular weight is 492 g/mol. The zero-order valence-electron chi connectivity index (χ0n) is 18.2. The fraction of sp³-hybridized carbons (Fsp3) is 0.526. The monoisotopic (exact) mass is 491 g/mol. The van der Waals surface area contributed by atoms with Gasteiger partial charge in [-0.2, -0.15) is 15.0 Å². The van der Waals surface area contributed by atoms with Crippen molar-refractivity contribution in [1.29, 1.82) is 0 Å². The standard InChI is InChI=1S/C19H27F2N5O4S2/c1-11(2)8-13(9-27)22-17-23-18(26-32(4,28)29)25-19(24-17)31-12(3)10-30-16-14(20)6-5-7-15(16)21/h5-7,11-13,27H,8-10H2,1-4H3,(H2,22,23,24,25,26)/t12?,13-/m1/s1. The topological polar surface area (TPSA) is 126 Å². The third-order valence-corrected chi connectivity index (χ3v) is 5.37. The first-order valence-corrected chi connectivity index (χ1v) is 12.6. The smallest absolute Gasteiger partial charge is 0.242 e. The number of nitrogens with one attached hydrogen (secondary N) is 2. The summed E-state index contributed by atoms with van der Waals surface area (Å²) in [6, 6.07) is 3.09. The van der Waals surface area contributed by atoms with E-state index in [0.29, 0.717) is 12.3 Å². The molecule has 0 fully saturated rings. The first-order chi connectivity index (χ1) is 15.0. The van der Waals surface area contributed by atoms with E-state index in [1.165, 1.54) is 6.07 Å². The van der Waals surface area contributed by atoms with Gasteiger partial charge in [0.15, 0.2) is 22.5 Å². The van der Waals surface area contributed by atoms with E-state index in [-0.39, 0.29) is 41.6 Å². The van der Waals surface area contributed by atoms with Gasteiger partial charge >= 0.3 is 0 Å². The second-order valence-corrected chi connectivity index (χ2v) is 10.7. The number of ether oxygens (including phenoxy) is 1. The number of hydrogen-bond donors (Lipinski definition) is 3. The zero-order chi connectivity index (χ0) is 23.9. The zero-order valence-corrected chi connectivity index (χ0v) is 19.8. The van der Waals surface area contributed by atoms with Crippen LogP contribution in [0.4, 0.5) is 20.7 Å². The van der Waals surface area contributed by atoms with Crippen molar-refractivity contribution in [3.05, 3.63) is 29.8 Å². The minimum absolute atomic E-state index is 0.0571. The van der Waals surface area contributed by atoms with E-state index in [0.717, 1.165) is 30.2 Å². The number of aliphatic hydroxyl groups excluding tert-OH is 1. The molecule has 13 heteroatoms. The van der Waals surface area contributed by atoms with Crippen LogP contribution in [0, 0.1) is 17.6 Å². The maximum atomic E-state index is 13.7. The lowest BCUT2D eigenvalue weighted by Crippen LogP contribution is -2.27. The molecule has 2 aromatic rings. The van der Waals surface area contributed by atoms with E-state index in [9.17, 15) is 22.3 Å². The van der Waals surface area contributed by atoms with Crippen LogP contribution in [0.5, 0.6) is 5.75 Å². The number of sulfonamides is 1. The van der Waals surface area contributed by atoms with Crippen molar-refractivity contribution in [3.63, 3.8) is 0 Å². The second kappa shape index (κ2) is 11.6. The highest BCUT2D eigenvalue weighted by Crippen LogP contribution is 2.25. The van der Waals surface area contributed by atoms with Crippen LogP contribution < -0.4 is 14.8 Å². The molecule has 0 spiro atoms. The molecule has 0 amide bonds. The molecule has 0 aliphatic carbocycles. The van der Waals surface area contributed by atoms with Crippen molar-refractivity contribution in [3.8, 4) is 5.75 Å². The summed E-state index contributed by atoms with van der Waals surface area (Å²) in [4.78, 5) is 12.4. The number of para-hydroxylation sites is 1. The van der Waals surface area contributed by atoms with Gasteiger partial charge in [0.05, 0.1) is 18.9 Å². The van der Waals surface area contributed by atoms with Gasteiger partial charge in [-0.3, -0.25) is 4.72 Å². The number of aromatic nitrogens is 3. The molecular formula is C19H27F2N5O4S2. The predicted octanol–water partition coefficient (Wildman–Crippen LogP) is 2.90. The Bertz CT molecular complexity index is 991. The predicted molar refractivity (Wildman–Crippen MR) is 119 cm³/mol. The number of benzene rings is 1. The normalized spacial score (nSPS) is 13.6. The quantitative estimate of drug-likeness (QED) is 0.384. The lowest BCUT2D eigenvalue weighted by molar-refractivity contribution is 0.259. The van der Waals surface area contributed by atoms with Crippen LogP contribution in [0.15, 0.2) is 23.4 Å². The minimum Gasteiger partial charge on any atom is -0.486 e. The Hall–Kier alpha value is -2.25. The molecule has 1 heterocycles. The Labute approximate surface area is 190 Å². The fourth-order valence-electron chi connectivity index (χ4n) is 2.65. The lowest BCUT2D eigenvalue weighted by Gasteiger charge is -2.19. The highest BCUT2D eigenvalue weighted by atomic mass is 32.2. The van der Waals surface area contributed by atoms with E-state index in [4.69, 9.17) is 4.74 Å². The molecule has 178 valence electrons. The van der Waals surface area contributed by atoms with Gasteiger partial charge in [0.1, 0.15) is 6.61 Å². The number of nitrogens with zero attached hydrogens (tertiary/aromatic N) is 3. The molecule has 0 saturated heterocycles. The molecule has 0 aliphatic heterocycles. The van der Waals surface area contributed by atoms with E-state index in [1.807, 2.05) is 13.8 Å². The highest BCUT2D eigenvalue weighted by Gasteiger charge is 2.18. The second-order valence-electron chi connectivity index (χ2n) is 7.58. The van der Waals surface area contributed by atoms with Crippen LogP contribution in [0.2, 0.25) is 0 Å². The molecule has 0 radical (unpaired) electrons. The molecule has 3 N–H and O–H groups in total. The Morgan fingerprint density at radius 1 is 1.12 bits per heavy atom. The fourth-order valence-corrected chi connectivity index (χ4v) is 3.85. The van der Waals surface area contributed by atoms with Gasteiger partial charge in [-0.1, -0.05) is 31.7 Å². The summed E-state index contributed by atoms with van der Waals surface area (Å²) in [5, 5.41) is 12.4. The number of rotatable bonds is 12. The van der Waals surface area contributed by atoms with Gasteiger partial charge in [-0.25, -0.2) is 17.2 Å². The average Bonchev–Trinajstić information content (AvgIpc) is 2.65. The number of anilines is 2. The first kappa shape index (κ1) is 26.0. The SMILES string of the molecule is CC(C)C[C@H](CO)Nc1nc(NS(C)(=O)=O)nc(SC(C)COc2c(F)cccc2F)n1. The van der Waals surface area contributed by atoms with Gasteiger partial charge in [0.25, 0.3) is 0 Å². The van der Waals surface area contributed by atoms with Crippen molar-refractivity contribution in [2.24, 2.45) is 5.92 Å². The molecule has 1 aromatic heterocycles. The van der Waals surface area contributed by atoms with Crippen LogP contribution in [-0.4, -0.2) is 59.2 Å². The van der Waals surface area contributed by atoms with Crippen LogP contribution >= 0.6 is 11.8 Å².